The van der Waals surface area contributed by atoms with Gasteiger partial charge in [0.25, 0.3) is 0 Å². The zero-order valence-electron chi connectivity index (χ0n) is 12.4. The van der Waals surface area contributed by atoms with Crippen LogP contribution in [0.2, 0.25) is 0 Å². The number of nitrogens with zero attached hydrogens (tertiary/aromatic N) is 2. The molecule has 0 radical (unpaired) electrons. The van der Waals surface area contributed by atoms with Crippen LogP contribution < -0.4 is 19.6 Å². The van der Waals surface area contributed by atoms with Gasteiger partial charge in [0.15, 0.2) is 17.3 Å². The average Bonchev–Trinajstić information content (AvgIpc) is 3.08. The summed E-state index contributed by atoms with van der Waals surface area (Å²) in [7, 11) is 4.56. The van der Waals surface area contributed by atoms with E-state index in [1.807, 2.05) is 0 Å². The highest BCUT2D eigenvalue weighted by Crippen LogP contribution is 2.38. The topological polar surface area (TPSA) is 97.8 Å². The monoisotopic (exact) mass is 304 g/mol. The number of nitrogens with one attached hydrogen (secondary N) is 2. The molecule has 8 nitrogen and oxygen atoms in total. The molecule has 1 aromatic carbocycles. The number of ether oxygens (including phenoxy) is 3. The third kappa shape index (κ3) is 3.17. The Morgan fingerprint density at radius 2 is 2.00 bits per heavy atom. The van der Waals surface area contributed by atoms with E-state index in [1.54, 1.807) is 18.3 Å². The number of carbonyl (C=O) groups is 1. The Balaban J connectivity index is 2.18. The van der Waals surface area contributed by atoms with Crippen LogP contribution in [-0.2, 0) is 0 Å². The van der Waals surface area contributed by atoms with Crippen molar-refractivity contribution in [3.8, 4) is 17.2 Å². The number of aromatic nitrogens is 2. The zero-order chi connectivity index (χ0) is 15.9. The molecule has 0 saturated heterocycles. The van der Waals surface area contributed by atoms with Gasteiger partial charge < -0.3 is 19.2 Å². The molecule has 0 spiro atoms. The number of amides is 1. The summed E-state index contributed by atoms with van der Waals surface area (Å²) in [5.41, 5.74) is 2.98. The van der Waals surface area contributed by atoms with Gasteiger partial charge in [-0.05, 0) is 12.1 Å². The molecule has 8 heteroatoms. The summed E-state index contributed by atoms with van der Waals surface area (Å²) in [5, 5.41) is 3.88. The molecule has 22 heavy (non-hydrogen) atoms. The molecule has 0 atom stereocenters. The second kappa shape index (κ2) is 7.11. The van der Waals surface area contributed by atoms with Crippen LogP contribution >= 0.6 is 0 Å². The van der Waals surface area contributed by atoms with E-state index in [2.05, 4.69) is 20.5 Å². The van der Waals surface area contributed by atoms with Crippen molar-refractivity contribution < 1.29 is 19.0 Å². The Morgan fingerprint density at radius 3 is 2.59 bits per heavy atom. The van der Waals surface area contributed by atoms with Crippen LogP contribution in [0.15, 0.2) is 29.6 Å². The third-order valence-electron chi connectivity index (χ3n) is 2.82. The van der Waals surface area contributed by atoms with Gasteiger partial charge in [-0.3, -0.25) is 4.79 Å². The second-order valence-electron chi connectivity index (χ2n) is 4.06. The summed E-state index contributed by atoms with van der Waals surface area (Å²) in [6.07, 6.45) is 4.48. The van der Waals surface area contributed by atoms with Crippen molar-refractivity contribution in [1.29, 1.82) is 0 Å². The molecule has 0 aliphatic carbocycles. The molecule has 0 fully saturated rings. The number of methoxy groups -OCH3 is 3. The Morgan fingerprint density at radius 1 is 1.23 bits per heavy atom. The van der Waals surface area contributed by atoms with Gasteiger partial charge in [0.2, 0.25) is 5.75 Å². The van der Waals surface area contributed by atoms with Crippen molar-refractivity contribution in [1.82, 2.24) is 15.4 Å². The third-order valence-corrected chi connectivity index (χ3v) is 2.82. The molecule has 0 bridgehead atoms. The van der Waals surface area contributed by atoms with E-state index in [9.17, 15) is 4.79 Å². The van der Waals surface area contributed by atoms with Crippen LogP contribution in [0, 0.1) is 0 Å². The Bertz CT molecular complexity index is 668. The summed E-state index contributed by atoms with van der Waals surface area (Å²) < 4.78 is 15.8. The predicted molar refractivity (Wildman–Crippen MR) is 79.7 cm³/mol. The molecule has 2 rings (SSSR count). The highest BCUT2D eigenvalue weighted by atomic mass is 16.5. The molecule has 2 aromatic rings. The maximum absolute atomic E-state index is 11.7. The van der Waals surface area contributed by atoms with E-state index in [1.165, 1.54) is 33.7 Å². The molecule has 0 aliphatic heterocycles. The van der Waals surface area contributed by atoms with Gasteiger partial charge >= 0.3 is 5.91 Å². The van der Waals surface area contributed by atoms with Crippen LogP contribution in [0.1, 0.15) is 16.2 Å². The molecule has 0 unspecified atom stereocenters. The Kier molecular flexibility index (Phi) is 4.97. The van der Waals surface area contributed by atoms with E-state index >= 15 is 0 Å². The molecule has 0 aliphatic rings. The minimum Gasteiger partial charge on any atom is -0.493 e. The second-order valence-corrected chi connectivity index (χ2v) is 4.06. The lowest BCUT2D eigenvalue weighted by Gasteiger charge is -2.13. The SMILES string of the molecule is COc1ccc(/C=N/NC(=O)c2ncc[nH]2)c(OC)c1OC. The average molecular weight is 304 g/mol. The summed E-state index contributed by atoms with van der Waals surface area (Å²) in [5.74, 6) is 1.18. The fraction of sp³-hybridized carbons (Fsp3) is 0.214. The van der Waals surface area contributed by atoms with Crippen LogP contribution in [0.5, 0.6) is 17.2 Å². The van der Waals surface area contributed by atoms with Crippen LogP contribution in [0.25, 0.3) is 0 Å². The first-order valence-corrected chi connectivity index (χ1v) is 6.33. The van der Waals surface area contributed by atoms with Crippen molar-refractivity contribution in [3.63, 3.8) is 0 Å². The molecular weight excluding hydrogens is 288 g/mol. The van der Waals surface area contributed by atoms with Gasteiger partial charge in [-0.2, -0.15) is 5.10 Å². The molecule has 1 heterocycles. The minimum absolute atomic E-state index is 0.177. The van der Waals surface area contributed by atoms with Crippen LogP contribution in [-0.4, -0.2) is 43.4 Å². The lowest BCUT2D eigenvalue weighted by molar-refractivity contribution is 0.0945. The van der Waals surface area contributed by atoms with Crippen molar-refractivity contribution in [2.24, 2.45) is 5.10 Å². The highest BCUT2D eigenvalue weighted by Gasteiger charge is 2.14. The fourth-order valence-electron chi connectivity index (χ4n) is 1.83. The number of hydrazone groups is 1. The number of hydrogen-bond donors (Lipinski definition) is 2. The lowest BCUT2D eigenvalue weighted by Crippen LogP contribution is -2.19. The molecule has 1 aromatic heterocycles. The van der Waals surface area contributed by atoms with Gasteiger partial charge in [0.05, 0.1) is 27.5 Å². The van der Waals surface area contributed by atoms with Crippen molar-refractivity contribution in [2.75, 3.05) is 21.3 Å². The Labute approximate surface area is 127 Å². The fourth-order valence-corrected chi connectivity index (χ4v) is 1.83. The lowest BCUT2D eigenvalue weighted by atomic mass is 10.2. The van der Waals surface area contributed by atoms with Gasteiger partial charge in [-0.1, -0.05) is 0 Å². The Hall–Kier alpha value is -3.03. The van der Waals surface area contributed by atoms with E-state index in [0.29, 0.717) is 22.8 Å². The molecule has 2 N–H and O–H groups in total. The number of hydrogen-bond acceptors (Lipinski definition) is 6. The largest absolute Gasteiger partial charge is 0.493 e. The molecular formula is C14H16N4O4. The van der Waals surface area contributed by atoms with E-state index < -0.39 is 5.91 Å². The summed E-state index contributed by atoms with van der Waals surface area (Å²) in [6.45, 7) is 0. The number of rotatable bonds is 6. The van der Waals surface area contributed by atoms with Gasteiger partial charge in [0.1, 0.15) is 0 Å². The number of benzene rings is 1. The minimum atomic E-state index is -0.444. The maximum Gasteiger partial charge on any atom is 0.307 e. The van der Waals surface area contributed by atoms with Crippen molar-refractivity contribution in [2.45, 2.75) is 0 Å². The van der Waals surface area contributed by atoms with E-state index in [-0.39, 0.29) is 5.82 Å². The number of H-pyrrole nitrogens is 1. The van der Waals surface area contributed by atoms with Gasteiger partial charge in [0, 0.05) is 18.0 Å². The predicted octanol–water partition coefficient (Wildman–Crippen LogP) is 1.20. The molecule has 0 saturated carbocycles. The normalized spacial score (nSPS) is 10.5. The number of imidazole rings is 1. The van der Waals surface area contributed by atoms with Crippen LogP contribution in [0.4, 0.5) is 0 Å². The standard InChI is InChI=1S/C14H16N4O4/c1-20-10-5-4-9(11(21-2)12(10)22-3)8-17-18-14(19)13-15-6-7-16-13/h4-8H,1-3H3,(H,15,16)(H,18,19)/b17-8+. The molecule has 1 amide bonds. The van der Waals surface area contributed by atoms with Crippen LogP contribution in [0.3, 0.4) is 0 Å². The van der Waals surface area contributed by atoms with Gasteiger partial charge in [-0.25, -0.2) is 10.4 Å². The van der Waals surface area contributed by atoms with E-state index in [4.69, 9.17) is 14.2 Å². The zero-order valence-corrected chi connectivity index (χ0v) is 12.4. The molecule has 116 valence electrons. The first-order valence-electron chi connectivity index (χ1n) is 6.33. The quantitative estimate of drug-likeness (QED) is 0.617. The first kappa shape index (κ1) is 15.4. The smallest absolute Gasteiger partial charge is 0.307 e. The van der Waals surface area contributed by atoms with Crippen molar-refractivity contribution in [3.05, 3.63) is 35.9 Å². The summed E-state index contributed by atoms with van der Waals surface area (Å²) in [4.78, 5) is 18.2. The van der Waals surface area contributed by atoms with E-state index in [0.717, 1.165) is 0 Å². The maximum atomic E-state index is 11.7. The number of aromatic amines is 1. The highest BCUT2D eigenvalue weighted by molar-refractivity contribution is 5.92. The number of carbonyl (C=O) groups excluding carboxylic acids is 1. The summed E-state index contributed by atoms with van der Waals surface area (Å²) >= 11 is 0. The summed E-state index contributed by atoms with van der Waals surface area (Å²) in [6, 6.07) is 3.46. The first-order chi connectivity index (χ1) is 10.7. The van der Waals surface area contributed by atoms with Gasteiger partial charge in [-0.15, -0.1) is 0 Å². The van der Waals surface area contributed by atoms with Crippen molar-refractivity contribution >= 4 is 12.1 Å².